The molecule has 4 rings (SSSR count). The van der Waals surface area contributed by atoms with Crippen molar-refractivity contribution < 1.29 is 7.31 Å². The van der Waals surface area contributed by atoms with Crippen LogP contribution in [0.4, 0.5) is 0 Å². The number of pyridine rings is 1. The minimum absolute atomic E-state index is 0.255. The maximum Gasteiger partial charge on any atom is 0.220 e. The van der Waals surface area contributed by atoms with Crippen molar-refractivity contribution in [1.82, 2.24) is 0 Å². The highest BCUT2D eigenvalue weighted by Crippen LogP contribution is 2.36. The van der Waals surface area contributed by atoms with Crippen LogP contribution in [0.1, 0.15) is 33.6 Å². The molecule has 0 unspecified atom stereocenters. The number of nitrogens with zero attached hydrogens (tertiary/aromatic N) is 1. The summed E-state index contributed by atoms with van der Waals surface area (Å²) >= 11 is 0. The largest absolute Gasteiger partial charge is 0.220 e. The Morgan fingerprint density at radius 1 is 0.933 bits per heavy atom. The van der Waals surface area contributed by atoms with Crippen molar-refractivity contribution in [3.8, 4) is 22.4 Å². The molecule has 0 radical (unpaired) electrons. The highest BCUT2D eigenvalue weighted by molar-refractivity contribution is 6.70. The highest BCUT2D eigenvalue weighted by atomic mass is 28.3. The SMILES string of the molecule is [2H]c1c([2H])[n+](C)c(-c2cc(-c3ccccc3)cc(C(C)C)c2C)c2ccc([SiH](C)C)cc12. The molecule has 0 amide bonds. The number of benzene rings is 3. The molecule has 2 heteroatoms. The van der Waals surface area contributed by atoms with Gasteiger partial charge in [-0.2, -0.15) is 0 Å². The lowest BCUT2D eigenvalue weighted by atomic mass is 9.87. The van der Waals surface area contributed by atoms with Gasteiger partial charge in [0.2, 0.25) is 5.69 Å². The van der Waals surface area contributed by atoms with Gasteiger partial charge >= 0.3 is 0 Å². The van der Waals surface area contributed by atoms with Crippen LogP contribution >= 0.6 is 0 Å². The van der Waals surface area contributed by atoms with E-state index in [2.05, 4.69) is 88.5 Å². The molecule has 0 aliphatic heterocycles. The van der Waals surface area contributed by atoms with Crippen LogP contribution in [0.3, 0.4) is 0 Å². The zero-order valence-electron chi connectivity index (χ0n) is 20.9. The fourth-order valence-corrected chi connectivity index (χ4v) is 5.30. The molecule has 1 aromatic heterocycles. The third-order valence-electron chi connectivity index (χ3n) is 6.09. The Hall–Kier alpha value is -2.71. The Bertz CT molecular complexity index is 1310. The van der Waals surface area contributed by atoms with Crippen molar-refractivity contribution in [3.05, 3.63) is 84.0 Å². The Balaban J connectivity index is 2.11. The van der Waals surface area contributed by atoms with Gasteiger partial charge in [-0.3, -0.25) is 0 Å². The summed E-state index contributed by atoms with van der Waals surface area (Å²) in [4.78, 5) is 0. The van der Waals surface area contributed by atoms with Gasteiger partial charge in [-0.15, -0.1) is 0 Å². The molecule has 0 fully saturated rings. The fourth-order valence-electron chi connectivity index (χ4n) is 4.32. The van der Waals surface area contributed by atoms with Crippen molar-refractivity contribution in [2.45, 2.75) is 39.8 Å². The second-order valence-electron chi connectivity index (χ2n) is 8.86. The first-order chi connectivity index (χ1) is 15.2. The predicted octanol–water partition coefficient (Wildman–Crippen LogP) is 6.12. The van der Waals surface area contributed by atoms with Crippen molar-refractivity contribution >= 4 is 24.8 Å². The monoisotopic (exact) mass is 412 g/mol. The summed E-state index contributed by atoms with van der Waals surface area (Å²) in [5.41, 5.74) is 7.12. The summed E-state index contributed by atoms with van der Waals surface area (Å²) in [6.45, 7) is 11.3. The topological polar surface area (TPSA) is 3.88 Å². The molecule has 0 atom stereocenters. The van der Waals surface area contributed by atoms with Gasteiger partial charge in [-0.25, -0.2) is 4.57 Å². The van der Waals surface area contributed by atoms with E-state index in [-0.39, 0.29) is 6.17 Å². The van der Waals surface area contributed by atoms with Gasteiger partial charge in [0.25, 0.3) is 0 Å². The quantitative estimate of drug-likeness (QED) is 0.281. The van der Waals surface area contributed by atoms with Gasteiger partial charge in [-0.1, -0.05) is 80.7 Å². The van der Waals surface area contributed by atoms with Crippen LogP contribution in [-0.4, -0.2) is 8.80 Å². The maximum atomic E-state index is 8.71. The van der Waals surface area contributed by atoms with E-state index in [1.807, 2.05) is 17.7 Å². The fraction of sp³-hybridized carbons (Fsp3) is 0.250. The van der Waals surface area contributed by atoms with E-state index in [1.165, 1.54) is 27.4 Å². The van der Waals surface area contributed by atoms with Gasteiger partial charge in [0.1, 0.15) is 8.42 Å². The zero-order valence-corrected chi connectivity index (χ0v) is 20.0. The third kappa shape index (κ3) is 3.72. The molecule has 0 N–H and O–H groups in total. The molecule has 1 nitrogen and oxygen atoms in total. The average molecular weight is 413 g/mol. The Labute approximate surface area is 185 Å². The van der Waals surface area contributed by atoms with Gasteiger partial charge in [0.05, 0.1) is 21.1 Å². The molecule has 0 spiro atoms. The molecule has 4 aromatic rings. The molecule has 30 heavy (non-hydrogen) atoms. The molecule has 0 aliphatic carbocycles. The van der Waals surface area contributed by atoms with E-state index < -0.39 is 8.80 Å². The van der Waals surface area contributed by atoms with Crippen molar-refractivity contribution in [3.63, 3.8) is 0 Å². The Morgan fingerprint density at radius 2 is 1.67 bits per heavy atom. The molecular weight excluding hydrogens is 378 g/mol. The van der Waals surface area contributed by atoms with Crippen LogP contribution in [0.25, 0.3) is 33.2 Å². The smallest absolute Gasteiger partial charge is 0.200 e. The van der Waals surface area contributed by atoms with E-state index in [9.17, 15) is 0 Å². The molecule has 152 valence electrons. The van der Waals surface area contributed by atoms with Crippen molar-refractivity contribution in [2.24, 2.45) is 7.05 Å². The first kappa shape index (κ1) is 18.1. The van der Waals surface area contributed by atoms with Crippen LogP contribution in [-0.2, 0) is 7.05 Å². The molecule has 0 bridgehead atoms. The van der Waals surface area contributed by atoms with E-state index in [4.69, 9.17) is 2.74 Å². The standard InChI is InChI=1S/C28H32NSi/c1-19(2)26-17-23(21-10-8-7-9-11-21)18-27(20(26)3)28-25-13-12-24(30(5)6)16-22(25)14-15-29(28)4/h7-19,30H,1-6H3/q+1/i14D,15D. The molecule has 0 aliphatic rings. The summed E-state index contributed by atoms with van der Waals surface area (Å²) in [6, 6.07) is 22.0. The number of fused-ring (bicyclic) bond motifs is 1. The molecular formula is C28H32NSi+. The van der Waals surface area contributed by atoms with E-state index >= 15 is 0 Å². The van der Waals surface area contributed by atoms with Crippen LogP contribution < -0.4 is 9.75 Å². The number of hydrogen-bond acceptors (Lipinski definition) is 0. The minimum Gasteiger partial charge on any atom is -0.200 e. The average Bonchev–Trinajstić information content (AvgIpc) is 2.78. The molecule has 0 saturated heterocycles. The normalized spacial score (nSPS) is 12.5. The number of rotatable bonds is 4. The van der Waals surface area contributed by atoms with E-state index in [0.717, 1.165) is 22.0 Å². The van der Waals surface area contributed by atoms with Crippen molar-refractivity contribution in [2.75, 3.05) is 0 Å². The summed E-state index contributed by atoms with van der Waals surface area (Å²) in [6.07, 6.45) is 0.255. The summed E-state index contributed by atoms with van der Waals surface area (Å²) in [5, 5.41) is 3.27. The highest BCUT2D eigenvalue weighted by Gasteiger charge is 2.21. The van der Waals surface area contributed by atoms with Crippen LogP contribution in [0.5, 0.6) is 0 Å². The van der Waals surface area contributed by atoms with Gasteiger partial charge in [0.15, 0.2) is 6.17 Å². The van der Waals surface area contributed by atoms with Gasteiger partial charge < -0.3 is 0 Å². The number of aromatic nitrogens is 1. The molecule has 1 heterocycles. The van der Waals surface area contributed by atoms with E-state index in [1.54, 1.807) is 0 Å². The van der Waals surface area contributed by atoms with Crippen LogP contribution in [0.2, 0.25) is 13.1 Å². The predicted molar refractivity (Wildman–Crippen MR) is 133 cm³/mol. The van der Waals surface area contributed by atoms with Crippen molar-refractivity contribution in [1.29, 1.82) is 0 Å². The summed E-state index contributed by atoms with van der Waals surface area (Å²) < 4.78 is 19.3. The lowest BCUT2D eigenvalue weighted by Gasteiger charge is -2.17. The Kier molecular flexibility index (Phi) is 4.94. The second kappa shape index (κ2) is 8.20. The molecule has 0 saturated carbocycles. The minimum atomic E-state index is -1.01. The summed E-state index contributed by atoms with van der Waals surface area (Å²) in [7, 11) is 0.914. The second-order valence-corrected chi connectivity index (χ2v) is 11.8. The van der Waals surface area contributed by atoms with Crippen LogP contribution in [0, 0.1) is 6.92 Å². The van der Waals surface area contributed by atoms with Gasteiger partial charge in [0, 0.05) is 6.04 Å². The maximum absolute atomic E-state index is 8.71. The summed E-state index contributed by atoms with van der Waals surface area (Å²) in [5.74, 6) is 0.387. The van der Waals surface area contributed by atoms with E-state index in [0.29, 0.717) is 12.0 Å². The molecule has 3 aromatic carbocycles. The zero-order chi connectivity index (χ0) is 23.2. The van der Waals surface area contributed by atoms with Crippen LogP contribution in [0.15, 0.2) is 72.9 Å². The first-order valence-corrected chi connectivity index (χ1v) is 13.7. The Morgan fingerprint density at radius 3 is 2.33 bits per heavy atom. The number of hydrogen-bond donors (Lipinski definition) is 0. The van der Waals surface area contributed by atoms with Gasteiger partial charge in [-0.05, 0) is 52.6 Å². The third-order valence-corrected chi connectivity index (χ3v) is 7.78. The lowest BCUT2D eigenvalue weighted by molar-refractivity contribution is -0.659. The lowest BCUT2D eigenvalue weighted by Crippen LogP contribution is -2.31. The first-order valence-electron chi connectivity index (χ1n) is 11.8.